The highest BCUT2D eigenvalue weighted by atomic mass is 35.5. The SMILES string of the molecule is COc1cccc(C(CCCl)N(C)C)c1. The summed E-state index contributed by atoms with van der Waals surface area (Å²) in [5, 5.41) is 0. The summed E-state index contributed by atoms with van der Waals surface area (Å²) >= 11 is 5.81. The summed E-state index contributed by atoms with van der Waals surface area (Å²) in [6.45, 7) is 0. The zero-order valence-corrected chi connectivity index (χ0v) is 10.3. The molecule has 1 unspecified atom stereocenters. The summed E-state index contributed by atoms with van der Waals surface area (Å²) in [6.07, 6.45) is 0.946. The maximum atomic E-state index is 5.81. The highest BCUT2D eigenvalue weighted by molar-refractivity contribution is 6.17. The molecule has 15 heavy (non-hydrogen) atoms. The normalized spacial score (nSPS) is 12.9. The Morgan fingerprint density at radius 1 is 1.40 bits per heavy atom. The van der Waals surface area contributed by atoms with E-state index in [0.717, 1.165) is 12.2 Å². The van der Waals surface area contributed by atoms with Gasteiger partial charge in [0.1, 0.15) is 5.75 Å². The minimum absolute atomic E-state index is 0.359. The molecular weight excluding hydrogens is 210 g/mol. The van der Waals surface area contributed by atoms with Crippen LogP contribution in [-0.4, -0.2) is 32.0 Å². The topological polar surface area (TPSA) is 12.5 Å². The highest BCUT2D eigenvalue weighted by Gasteiger charge is 2.13. The Morgan fingerprint density at radius 3 is 2.67 bits per heavy atom. The van der Waals surface area contributed by atoms with Crippen molar-refractivity contribution in [2.24, 2.45) is 0 Å². The number of ether oxygens (including phenoxy) is 1. The van der Waals surface area contributed by atoms with Crippen molar-refractivity contribution in [3.8, 4) is 5.75 Å². The molecule has 0 aliphatic heterocycles. The molecule has 0 saturated heterocycles. The van der Waals surface area contributed by atoms with Crippen LogP contribution in [0.4, 0.5) is 0 Å². The van der Waals surface area contributed by atoms with Crippen LogP contribution in [0.1, 0.15) is 18.0 Å². The van der Waals surface area contributed by atoms with Crippen LogP contribution in [0.25, 0.3) is 0 Å². The minimum atomic E-state index is 0.359. The van der Waals surface area contributed by atoms with Gasteiger partial charge in [0.15, 0.2) is 0 Å². The third kappa shape index (κ3) is 3.40. The minimum Gasteiger partial charge on any atom is -0.497 e. The van der Waals surface area contributed by atoms with Gasteiger partial charge in [0.2, 0.25) is 0 Å². The molecule has 84 valence electrons. The molecule has 2 nitrogen and oxygen atoms in total. The summed E-state index contributed by atoms with van der Waals surface area (Å²) in [6, 6.07) is 8.50. The quantitative estimate of drug-likeness (QED) is 0.718. The van der Waals surface area contributed by atoms with Crippen molar-refractivity contribution in [3.63, 3.8) is 0 Å². The Balaban J connectivity index is 2.89. The van der Waals surface area contributed by atoms with Gasteiger partial charge in [-0.15, -0.1) is 11.6 Å². The largest absolute Gasteiger partial charge is 0.497 e. The van der Waals surface area contributed by atoms with Gasteiger partial charge in [-0.2, -0.15) is 0 Å². The molecular formula is C12H18ClNO. The van der Waals surface area contributed by atoms with Crippen molar-refractivity contribution in [1.29, 1.82) is 0 Å². The summed E-state index contributed by atoms with van der Waals surface area (Å²) in [5.41, 5.74) is 1.25. The smallest absolute Gasteiger partial charge is 0.119 e. The fourth-order valence-corrected chi connectivity index (χ4v) is 1.88. The number of hydrogen-bond donors (Lipinski definition) is 0. The Hall–Kier alpha value is -0.730. The first-order valence-electron chi connectivity index (χ1n) is 5.05. The van der Waals surface area contributed by atoms with Crippen LogP contribution < -0.4 is 4.74 Å². The van der Waals surface area contributed by atoms with Gasteiger partial charge < -0.3 is 9.64 Å². The third-order valence-corrected chi connectivity index (χ3v) is 2.70. The van der Waals surface area contributed by atoms with Gasteiger partial charge in [-0.05, 0) is 38.2 Å². The molecule has 0 saturated carbocycles. The average Bonchev–Trinajstić information content (AvgIpc) is 2.25. The standard InChI is InChI=1S/C12H18ClNO/c1-14(2)12(7-8-13)10-5-4-6-11(9-10)15-3/h4-6,9,12H,7-8H2,1-3H3. The molecule has 3 heteroatoms. The van der Waals surface area contributed by atoms with Crippen molar-refractivity contribution in [3.05, 3.63) is 29.8 Å². The highest BCUT2D eigenvalue weighted by Crippen LogP contribution is 2.25. The molecule has 1 rings (SSSR count). The molecule has 1 aromatic rings. The first-order chi connectivity index (χ1) is 7.19. The fraction of sp³-hybridized carbons (Fsp3) is 0.500. The van der Waals surface area contributed by atoms with Gasteiger partial charge in [0.25, 0.3) is 0 Å². The molecule has 1 atom stereocenters. The van der Waals surface area contributed by atoms with E-state index in [1.807, 2.05) is 12.1 Å². The van der Waals surface area contributed by atoms with Gasteiger partial charge in [-0.25, -0.2) is 0 Å². The van der Waals surface area contributed by atoms with Gasteiger partial charge in [-0.3, -0.25) is 0 Å². The van der Waals surface area contributed by atoms with Crippen LogP contribution in [0.3, 0.4) is 0 Å². The molecule has 0 fully saturated rings. The first kappa shape index (κ1) is 12.3. The lowest BCUT2D eigenvalue weighted by Gasteiger charge is -2.24. The maximum Gasteiger partial charge on any atom is 0.119 e. The third-order valence-electron chi connectivity index (χ3n) is 2.48. The Labute approximate surface area is 96.8 Å². The van der Waals surface area contributed by atoms with Gasteiger partial charge >= 0.3 is 0 Å². The van der Waals surface area contributed by atoms with Gasteiger partial charge in [-0.1, -0.05) is 12.1 Å². The molecule has 0 radical (unpaired) electrons. The molecule has 0 heterocycles. The zero-order valence-electron chi connectivity index (χ0n) is 9.53. The summed E-state index contributed by atoms with van der Waals surface area (Å²) < 4.78 is 5.21. The molecule has 0 amide bonds. The lowest BCUT2D eigenvalue weighted by atomic mass is 10.0. The van der Waals surface area contributed by atoms with Crippen LogP contribution in [0.2, 0.25) is 0 Å². The molecule has 0 N–H and O–H groups in total. The monoisotopic (exact) mass is 227 g/mol. The van der Waals surface area contributed by atoms with E-state index in [9.17, 15) is 0 Å². The number of methoxy groups -OCH3 is 1. The van der Waals surface area contributed by atoms with E-state index in [2.05, 4.69) is 31.1 Å². The number of rotatable bonds is 5. The average molecular weight is 228 g/mol. The fourth-order valence-electron chi connectivity index (χ4n) is 1.68. The Kier molecular flexibility index (Phi) is 4.92. The number of halogens is 1. The van der Waals surface area contributed by atoms with Crippen LogP contribution in [-0.2, 0) is 0 Å². The van der Waals surface area contributed by atoms with Crippen molar-refractivity contribution in [1.82, 2.24) is 4.90 Å². The van der Waals surface area contributed by atoms with E-state index in [-0.39, 0.29) is 0 Å². The van der Waals surface area contributed by atoms with E-state index >= 15 is 0 Å². The van der Waals surface area contributed by atoms with Crippen LogP contribution in [0.5, 0.6) is 5.75 Å². The number of alkyl halides is 1. The van der Waals surface area contributed by atoms with Gasteiger partial charge in [0.05, 0.1) is 7.11 Å². The summed E-state index contributed by atoms with van der Waals surface area (Å²) in [7, 11) is 5.82. The first-order valence-corrected chi connectivity index (χ1v) is 5.59. The lowest BCUT2D eigenvalue weighted by molar-refractivity contribution is 0.292. The zero-order chi connectivity index (χ0) is 11.3. The summed E-state index contributed by atoms with van der Waals surface area (Å²) in [4.78, 5) is 2.18. The second-order valence-corrected chi connectivity index (χ2v) is 4.11. The van der Waals surface area contributed by atoms with Gasteiger partial charge in [0, 0.05) is 11.9 Å². The molecule has 0 bridgehead atoms. The number of hydrogen-bond acceptors (Lipinski definition) is 2. The van der Waals surface area contributed by atoms with E-state index in [4.69, 9.17) is 16.3 Å². The summed E-state index contributed by atoms with van der Waals surface area (Å²) in [5.74, 6) is 1.56. The van der Waals surface area contributed by atoms with Crippen molar-refractivity contribution in [2.45, 2.75) is 12.5 Å². The number of benzene rings is 1. The Morgan fingerprint density at radius 2 is 2.13 bits per heavy atom. The van der Waals surface area contributed by atoms with Crippen molar-refractivity contribution < 1.29 is 4.74 Å². The molecule has 1 aromatic carbocycles. The van der Waals surface area contributed by atoms with E-state index in [0.29, 0.717) is 11.9 Å². The second-order valence-electron chi connectivity index (χ2n) is 3.73. The van der Waals surface area contributed by atoms with Crippen molar-refractivity contribution in [2.75, 3.05) is 27.1 Å². The Bertz CT molecular complexity index is 301. The number of nitrogens with zero attached hydrogens (tertiary/aromatic N) is 1. The van der Waals surface area contributed by atoms with Crippen LogP contribution in [0, 0.1) is 0 Å². The van der Waals surface area contributed by atoms with E-state index in [1.54, 1.807) is 7.11 Å². The van der Waals surface area contributed by atoms with E-state index < -0.39 is 0 Å². The lowest BCUT2D eigenvalue weighted by Crippen LogP contribution is -2.20. The van der Waals surface area contributed by atoms with Crippen LogP contribution in [0.15, 0.2) is 24.3 Å². The molecule has 0 spiro atoms. The molecule has 0 aliphatic rings. The predicted molar refractivity (Wildman–Crippen MR) is 64.8 cm³/mol. The maximum absolute atomic E-state index is 5.81. The predicted octanol–water partition coefficient (Wildman–Crippen LogP) is 2.93. The second kappa shape index (κ2) is 5.99. The molecule has 0 aliphatic carbocycles. The molecule has 0 aromatic heterocycles. The van der Waals surface area contributed by atoms with Crippen LogP contribution >= 0.6 is 11.6 Å². The van der Waals surface area contributed by atoms with E-state index in [1.165, 1.54) is 5.56 Å². The van der Waals surface area contributed by atoms with Crippen molar-refractivity contribution >= 4 is 11.6 Å².